The molecule has 0 spiro atoms. The number of nitrogens with zero attached hydrogens (tertiary/aromatic N) is 1. The average Bonchev–Trinajstić information content (AvgIpc) is 2.25. The van der Waals surface area contributed by atoms with Crippen molar-refractivity contribution in [3.05, 3.63) is 22.9 Å². The van der Waals surface area contributed by atoms with Crippen molar-refractivity contribution in [3.8, 4) is 0 Å². The van der Waals surface area contributed by atoms with Crippen LogP contribution in [0.3, 0.4) is 0 Å². The average molecular weight is 209 g/mol. The van der Waals surface area contributed by atoms with Gasteiger partial charge in [0.2, 0.25) is 0 Å². The van der Waals surface area contributed by atoms with Crippen molar-refractivity contribution in [1.29, 1.82) is 0 Å². The number of unbranched alkanes of at least 4 members (excludes halogenated alkanes) is 1. The molecule has 0 heterocycles. The summed E-state index contributed by atoms with van der Waals surface area (Å²) in [6.45, 7) is 12.2. The predicted molar refractivity (Wildman–Crippen MR) is 70.0 cm³/mol. The quantitative estimate of drug-likeness (QED) is 0.587. The number of likely N-dealkylation sites (N-methyl/N-ethyl adjacent to an activating group) is 1. The van der Waals surface area contributed by atoms with Crippen LogP contribution in [0.15, 0.2) is 22.9 Å². The summed E-state index contributed by atoms with van der Waals surface area (Å²) in [5.74, 6) is 0. The molecule has 0 aliphatic carbocycles. The number of hydrogen-bond donors (Lipinski definition) is 0. The lowest BCUT2D eigenvalue weighted by molar-refractivity contribution is 0.442. The van der Waals surface area contributed by atoms with E-state index < -0.39 is 0 Å². The molecular formula is C14H27N. The molecule has 0 aliphatic heterocycles. The maximum absolute atomic E-state index is 2.36. The predicted octanol–water partition coefficient (Wildman–Crippen LogP) is 4.37. The van der Waals surface area contributed by atoms with E-state index in [9.17, 15) is 0 Å². The summed E-state index contributed by atoms with van der Waals surface area (Å²) in [6.07, 6.45) is 5.91. The van der Waals surface area contributed by atoms with E-state index in [1.807, 2.05) is 0 Å². The van der Waals surface area contributed by atoms with Crippen LogP contribution < -0.4 is 0 Å². The van der Waals surface area contributed by atoms with Crippen LogP contribution in [0.25, 0.3) is 0 Å². The Morgan fingerprint density at radius 1 is 1.13 bits per heavy atom. The van der Waals surface area contributed by atoms with Gasteiger partial charge in [0, 0.05) is 19.3 Å². The molecule has 0 amide bonds. The van der Waals surface area contributed by atoms with Crippen molar-refractivity contribution in [2.75, 3.05) is 13.6 Å². The minimum absolute atomic E-state index is 1.07. The second-order valence-electron chi connectivity index (χ2n) is 4.17. The number of hydrogen-bond acceptors (Lipinski definition) is 1. The molecule has 0 radical (unpaired) electrons. The lowest BCUT2D eigenvalue weighted by Gasteiger charge is -2.24. The van der Waals surface area contributed by atoms with Crippen LogP contribution in [0.1, 0.15) is 53.9 Å². The van der Waals surface area contributed by atoms with E-state index in [4.69, 9.17) is 0 Å². The van der Waals surface area contributed by atoms with Crippen molar-refractivity contribution in [1.82, 2.24) is 4.90 Å². The van der Waals surface area contributed by atoms with E-state index in [1.165, 1.54) is 29.7 Å². The Hall–Kier alpha value is -0.720. The molecule has 88 valence electrons. The zero-order chi connectivity index (χ0) is 11.8. The summed E-state index contributed by atoms with van der Waals surface area (Å²) in [5, 5.41) is 0. The van der Waals surface area contributed by atoms with Gasteiger partial charge >= 0.3 is 0 Å². The molecular weight excluding hydrogens is 182 g/mol. The van der Waals surface area contributed by atoms with Crippen molar-refractivity contribution in [3.63, 3.8) is 0 Å². The molecule has 0 unspecified atom stereocenters. The molecule has 0 aromatic carbocycles. The lowest BCUT2D eigenvalue weighted by atomic mass is 10.0. The highest BCUT2D eigenvalue weighted by molar-refractivity contribution is 5.31. The largest absolute Gasteiger partial charge is 0.375 e. The highest BCUT2D eigenvalue weighted by atomic mass is 15.1. The molecule has 1 nitrogen and oxygen atoms in total. The van der Waals surface area contributed by atoms with Crippen LogP contribution >= 0.6 is 0 Å². The van der Waals surface area contributed by atoms with Crippen molar-refractivity contribution in [2.45, 2.75) is 53.9 Å². The van der Waals surface area contributed by atoms with Crippen molar-refractivity contribution >= 4 is 0 Å². The molecule has 0 saturated carbocycles. The van der Waals surface area contributed by atoms with Crippen LogP contribution in [-0.4, -0.2) is 18.5 Å². The summed E-state index contributed by atoms with van der Waals surface area (Å²) in [6, 6.07) is 0. The summed E-state index contributed by atoms with van der Waals surface area (Å²) in [5.41, 5.74) is 4.36. The zero-order valence-electron chi connectivity index (χ0n) is 11.4. The Labute approximate surface area is 95.9 Å². The second-order valence-corrected chi connectivity index (χ2v) is 4.17. The fourth-order valence-electron chi connectivity index (χ4n) is 1.75. The highest BCUT2D eigenvalue weighted by Crippen LogP contribution is 2.20. The number of allylic oxidation sites excluding steroid dienone is 3. The zero-order valence-corrected chi connectivity index (χ0v) is 11.4. The van der Waals surface area contributed by atoms with Gasteiger partial charge in [-0.3, -0.25) is 0 Å². The van der Waals surface area contributed by atoms with Gasteiger partial charge in [-0.25, -0.2) is 0 Å². The summed E-state index contributed by atoms with van der Waals surface area (Å²) < 4.78 is 0. The fraction of sp³-hybridized carbons (Fsp3) is 0.714. The summed E-state index contributed by atoms with van der Waals surface area (Å²) in [4.78, 5) is 2.35. The normalized spacial score (nSPS) is 13.9. The molecule has 0 N–H and O–H groups in total. The van der Waals surface area contributed by atoms with Gasteiger partial charge < -0.3 is 4.90 Å². The van der Waals surface area contributed by atoms with Gasteiger partial charge in [-0.2, -0.15) is 0 Å². The van der Waals surface area contributed by atoms with E-state index in [-0.39, 0.29) is 0 Å². The van der Waals surface area contributed by atoms with Gasteiger partial charge in [0.1, 0.15) is 0 Å². The Kier molecular flexibility index (Phi) is 7.19. The van der Waals surface area contributed by atoms with Crippen LogP contribution in [0.5, 0.6) is 0 Å². The molecule has 0 aromatic heterocycles. The molecule has 0 saturated heterocycles. The maximum atomic E-state index is 2.36. The molecule has 0 aromatic rings. The Morgan fingerprint density at radius 2 is 1.73 bits per heavy atom. The van der Waals surface area contributed by atoms with Crippen LogP contribution in [0.4, 0.5) is 0 Å². The van der Waals surface area contributed by atoms with Gasteiger partial charge in [0.25, 0.3) is 0 Å². The third-order valence-corrected chi connectivity index (χ3v) is 2.90. The standard InChI is InChI=1S/C14H27N/c1-7-10-11-13(5)14(12(4)8-2)15(6)9-3/h11H,7-10H2,1-6H3. The van der Waals surface area contributed by atoms with Gasteiger partial charge in [-0.15, -0.1) is 0 Å². The van der Waals surface area contributed by atoms with Crippen LogP contribution in [0.2, 0.25) is 0 Å². The van der Waals surface area contributed by atoms with Crippen LogP contribution in [0, 0.1) is 0 Å². The molecule has 0 bridgehead atoms. The van der Waals surface area contributed by atoms with Crippen molar-refractivity contribution < 1.29 is 0 Å². The number of rotatable bonds is 6. The summed E-state index contributed by atoms with van der Waals surface area (Å²) in [7, 11) is 2.18. The lowest BCUT2D eigenvalue weighted by Crippen LogP contribution is -2.19. The van der Waals surface area contributed by atoms with E-state index in [0.717, 1.165) is 13.0 Å². The van der Waals surface area contributed by atoms with E-state index in [1.54, 1.807) is 0 Å². The summed E-state index contributed by atoms with van der Waals surface area (Å²) >= 11 is 0. The molecule has 0 atom stereocenters. The molecule has 0 aliphatic rings. The smallest absolute Gasteiger partial charge is 0.0378 e. The Balaban J connectivity index is 4.95. The first-order chi connectivity index (χ1) is 7.08. The van der Waals surface area contributed by atoms with Gasteiger partial charge in [-0.1, -0.05) is 26.3 Å². The first-order valence-corrected chi connectivity index (χ1v) is 6.16. The molecule has 0 rings (SSSR count). The highest BCUT2D eigenvalue weighted by Gasteiger charge is 2.07. The topological polar surface area (TPSA) is 3.24 Å². The third-order valence-electron chi connectivity index (χ3n) is 2.90. The first-order valence-electron chi connectivity index (χ1n) is 6.16. The van der Waals surface area contributed by atoms with Gasteiger partial charge in [0.15, 0.2) is 0 Å². The Morgan fingerprint density at radius 3 is 2.13 bits per heavy atom. The maximum Gasteiger partial charge on any atom is 0.0378 e. The molecule has 1 heteroatoms. The minimum Gasteiger partial charge on any atom is -0.375 e. The van der Waals surface area contributed by atoms with Crippen LogP contribution in [-0.2, 0) is 0 Å². The van der Waals surface area contributed by atoms with E-state index >= 15 is 0 Å². The third kappa shape index (κ3) is 4.55. The first kappa shape index (κ1) is 14.3. The Bertz CT molecular complexity index is 236. The molecule has 0 fully saturated rings. The van der Waals surface area contributed by atoms with Gasteiger partial charge in [-0.05, 0) is 44.8 Å². The van der Waals surface area contributed by atoms with E-state index in [0.29, 0.717) is 0 Å². The van der Waals surface area contributed by atoms with Gasteiger partial charge in [0.05, 0.1) is 0 Å². The fourth-order valence-corrected chi connectivity index (χ4v) is 1.75. The molecule has 15 heavy (non-hydrogen) atoms. The monoisotopic (exact) mass is 209 g/mol. The SMILES string of the molecule is CCCC=C(C)C(=C(C)CC)N(C)CC. The minimum atomic E-state index is 1.07. The van der Waals surface area contributed by atoms with Crippen molar-refractivity contribution in [2.24, 2.45) is 0 Å². The second kappa shape index (κ2) is 7.56. The van der Waals surface area contributed by atoms with E-state index in [2.05, 4.69) is 52.6 Å².